The van der Waals surface area contributed by atoms with Crippen molar-refractivity contribution in [3.63, 3.8) is 0 Å². The highest BCUT2D eigenvalue weighted by Crippen LogP contribution is 2.51. The van der Waals surface area contributed by atoms with Crippen molar-refractivity contribution in [3.8, 4) is 28.7 Å². The molecule has 3 aromatic carbocycles. The number of aromatic hydroxyl groups is 1. The Bertz CT molecular complexity index is 1160. The number of benzene rings is 3. The minimum absolute atomic E-state index is 0.125. The molecule has 2 aliphatic heterocycles. The van der Waals surface area contributed by atoms with Gasteiger partial charge in [-0.2, -0.15) is 0 Å². The molecule has 1 atom stereocenters. The molecule has 0 amide bonds. The molecule has 0 aliphatic carbocycles. The molecule has 5 rings (SSSR count). The summed E-state index contributed by atoms with van der Waals surface area (Å²) in [6, 6.07) is 16.2. The second-order valence-corrected chi connectivity index (χ2v) is 8.48. The van der Waals surface area contributed by atoms with Crippen LogP contribution in [0.5, 0.6) is 28.7 Å². The number of hydrogen-bond acceptors (Lipinski definition) is 6. The van der Waals surface area contributed by atoms with E-state index in [9.17, 15) is 5.11 Å². The van der Waals surface area contributed by atoms with Crippen LogP contribution in [0.2, 0.25) is 0 Å². The summed E-state index contributed by atoms with van der Waals surface area (Å²) in [5.41, 5.74) is 5.54. The summed E-state index contributed by atoms with van der Waals surface area (Å²) in [6.07, 6.45) is 1.64. The summed E-state index contributed by atoms with van der Waals surface area (Å²) < 4.78 is 23.2. The Balaban J connectivity index is 1.58. The molecule has 0 saturated heterocycles. The maximum Gasteiger partial charge on any atom is 0.203 e. The molecule has 172 valence electrons. The highest BCUT2D eigenvalue weighted by molar-refractivity contribution is 5.62. The highest BCUT2D eigenvalue weighted by Gasteiger charge is 2.38. The minimum Gasteiger partial charge on any atom is -0.504 e. The average Bonchev–Trinajstić information content (AvgIpc) is 2.86. The summed E-state index contributed by atoms with van der Waals surface area (Å²) >= 11 is 0. The molecule has 0 bridgehead atoms. The van der Waals surface area contributed by atoms with Gasteiger partial charge in [0.1, 0.15) is 6.61 Å². The van der Waals surface area contributed by atoms with Crippen LogP contribution in [0, 0.1) is 0 Å². The van der Waals surface area contributed by atoms with Crippen molar-refractivity contribution < 1.29 is 24.1 Å². The van der Waals surface area contributed by atoms with Crippen LogP contribution in [0.25, 0.3) is 0 Å². The molecule has 1 N–H and O–H groups in total. The average molecular weight is 448 g/mol. The van der Waals surface area contributed by atoms with Gasteiger partial charge < -0.3 is 24.1 Å². The summed E-state index contributed by atoms with van der Waals surface area (Å²) in [5.74, 6) is 2.81. The van der Waals surface area contributed by atoms with E-state index in [1.807, 2.05) is 24.3 Å². The van der Waals surface area contributed by atoms with Crippen molar-refractivity contribution >= 4 is 0 Å². The normalized spacial score (nSPS) is 16.9. The molecule has 0 aromatic heterocycles. The topological polar surface area (TPSA) is 60.4 Å². The van der Waals surface area contributed by atoms with E-state index in [-0.39, 0.29) is 11.8 Å². The van der Waals surface area contributed by atoms with Crippen LogP contribution in [-0.4, -0.2) is 37.9 Å². The van der Waals surface area contributed by atoms with Gasteiger partial charge in [-0.25, -0.2) is 0 Å². The summed E-state index contributed by atoms with van der Waals surface area (Å²) in [6.45, 7) is 1.99. The predicted molar refractivity (Wildman–Crippen MR) is 126 cm³/mol. The van der Waals surface area contributed by atoms with E-state index in [1.54, 1.807) is 21.3 Å². The molecule has 0 spiro atoms. The standard InChI is InChI=1S/C27H29NO5/c1-30-22-10-9-18-13-21-24-19(11-12-28(21)15-20(18)25(22)29)14-23(31-2)26(32-3)27(24)33-16-17-7-5-4-6-8-17/h4-10,14,21,29H,11-13,15-16H2,1-3H3. The second-order valence-electron chi connectivity index (χ2n) is 8.48. The lowest BCUT2D eigenvalue weighted by Crippen LogP contribution is -2.39. The Labute approximate surface area is 194 Å². The van der Waals surface area contributed by atoms with Crippen molar-refractivity contribution in [2.24, 2.45) is 0 Å². The van der Waals surface area contributed by atoms with E-state index < -0.39 is 0 Å². The van der Waals surface area contributed by atoms with Crippen LogP contribution in [-0.2, 0) is 26.0 Å². The Morgan fingerprint density at radius 3 is 2.42 bits per heavy atom. The molecule has 3 aromatic rings. The molecule has 2 aliphatic rings. The Morgan fingerprint density at radius 2 is 1.70 bits per heavy atom. The van der Waals surface area contributed by atoms with E-state index in [4.69, 9.17) is 18.9 Å². The third kappa shape index (κ3) is 3.74. The van der Waals surface area contributed by atoms with E-state index in [0.717, 1.165) is 47.4 Å². The quantitative estimate of drug-likeness (QED) is 0.594. The fourth-order valence-electron chi connectivity index (χ4n) is 5.09. The lowest BCUT2D eigenvalue weighted by molar-refractivity contribution is 0.150. The first kappa shape index (κ1) is 21.5. The van der Waals surface area contributed by atoms with Gasteiger partial charge in [0.05, 0.1) is 21.3 Å². The largest absolute Gasteiger partial charge is 0.504 e. The zero-order valence-corrected chi connectivity index (χ0v) is 19.3. The van der Waals surface area contributed by atoms with Crippen LogP contribution in [0.3, 0.4) is 0 Å². The lowest BCUT2D eigenvalue weighted by Gasteiger charge is -2.42. The lowest BCUT2D eigenvalue weighted by atomic mass is 9.83. The second kappa shape index (κ2) is 8.87. The molecular weight excluding hydrogens is 418 g/mol. The number of rotatable bonds is 6. The maximum absolute atomic E-state index is 10.7. The molecule has 2 heterocycles. The molecule has 6 nitrogen and oxygen atoms in total. The number of nitrogens with zero attached hydrogens (tertiary/aromatic N) is 1. The Kier molecular flexibility index (Phi) is 5.77. The number of phenols is 1. The number of ether oxygens (including phenoxy) is 4. The van der Waals surface area contributed by atoms with Gasteiger partial charge in [-0.1, -0.05) is 36.4 Å². The molecule has 0 saturated carbocycles. The molecule has 33 heavy (non-hydrogen) atoms. The van der Waals surface area contributed by atoms with Crippen LogP contribution >= 0.6 is 0 Å². The van der Waals surface area contributed by atoms with E-state index in [0.29, 0.717) is 30.4 Å². The third-order valence-corrected chi connectivity index (χ3v) is 6.76. The van der Waals surface area contributed by atoms with Crippen molar-refractivity contribution in [3.05, 3.63) is 76.3 Å². The first-order chi connectivity index (χ1) is 16.1. The molecule has 1 unspecified atom stereocenters. The van der Waals surface area contributed by atoms with Gasteiger partial charge in [0.15, 0.2) is 23.0 Å². The Morgan fingerprint density at radius 1 is 0.909 bits per heavy atom. The van der Waals surface area contributed by atoms with Crippen LogP contribution in [0.1, 0.15) is 33.9 Å². The number of phenolic OH excluding ortho intramolecular Hbond substituents is 1. The molecule has 0 fully saturated rings. The zero-order chi connectivity index (χ0) is 22.9. The smallest absolute Gasteiger partial charge is 0.203 e. The first-order valence-electron chi connectivity index (χ1n) is 11.2. The van der Waals surface area contributed by atoms with Crippen molar-refractivity contribution in [2.45, 2.75) is 32.0 Å². The molecular formula is C27H29NO5. The van der Waals surface area contributed by atoms with Crippen molar-refractivity contribution in [1.82, 2.24) is 4.90 Å². The monoisotopic (exact) mass is 447 g/mol. The van der Waals surface area contributed by atoms with Crippen LogP contribution in [0.15, 0.2) is 48.5 Å². The summed E-state index contributed by atoms with van der Waals surface area (Å²) in [5, 5.41) is 10.7. The number of methoxy groups -OCH3 is 3. The van der Waals surface area contributed by atoms with Crippen LogP contribution in [0.4, 0.5) is 0 Å². The van der Waals surface area contributed by atoms with Crippen molar-refractivity contribution in [2.75, 3.05) is 27.9 Å². The number of fused-ring (bicyclic) bond motifs is 4. The fraction of sp³-hybridized carbons (Fsp3) is 0.333. The van der Waals surface area contributed by atoms with E-state index in [2.05, 4.69) is 29.2 Å². The van der Waals surface area contributed by atoms with Gasteiger partial charge in [0, 0.05) is 30.3 Å². The molecule has 0 radical (unpaired) electrons. The van der Waals surface area contributed by atoms with Crippen LogP contribution < -0.4 is 18.9 Å². The third-order valence-electron chi connectivity index (χ3n) is 6.76. The summed E-state index contributed by atoms with van der Waals surface area (Å²) in [7, 11) is 4.90. The summed E-state index contributed by atoms with van der Waals surface area (Å²) in [4.78, 5) is 2.41. The first-order valence-corrected chi connectivity index (χ1v) is 11.2. The van der Waals surface area contributed by atoms with E-state index >= 15 is 0 Å². The van der Waals surface area contributed by atoms with Gasteiger partial charge in [0.25, 0.3) is 0 Å². The van der Waals surface area contributed by atoms with Crippen molar-refractivity contribution in [1.29, 1.82) is 0 Å². The predicted octanol–water partition coefficient (Wildman–Crippen LogP) is 4.65. The van der Waals surface area contributed by atoms with Gasteiger partial charge in [0.2, 0.25) is 5.75 Å². The number of hydrogen-bond donors (Lipinski definition) is 1. The fourth-order valence-corrected chi connectivity index (χ4v) is 5.09. The SMILES string of the molecule is COc1ccc2c(c1O)CN1CCc3cc(OC)c(OC)c(OCc4ccccc4)c3C1C2. The zero-order valence-electron chi connectivity index (χ0n) is 19.3. The van der Waals surface area contributed by atoms with Gasteiger partial charge in [-0.15, -0.1) is 0 Å². The van der Waals surface area contributed by atoms with Gasteiger partial charge in [-0.05, 0) is 41.7 Å². The minimum atomic E-state index is 0.125. The highest BCUT2D eigenvalue weighted by atomic mass is 16.5. The maximum atomic E-state index is 10.7. The van der Waals surface area contributed by atoms with Gasteiger partial charge in [-0.3, -0.25) is 4.90 Å². The Hall–Kier alpha value is -3.38. The van der Waals surface area contributed by atoms with E-state index in [1.165, 1.54) is 5.56 Å². The van der Waals surface area contributed by atoms with Gasteiger partial charge >= 0.3 is 0 Å². The molecule has 6 heteroatoms.